The van der Waals surface area contributed by atoms with E-state index in [1.807, 2.05) is 6.07 Å². The molecule has 0 bridgehead atoms. The number of hydrogen-bond donors (Lipinski definition) is 1. The van der Waals surface area contributed by atoms with Crippen LogP contribution in [0.4, 0.5) is 11.4 Å². The molecule has 0 unspecified atom stereocenters. The first-order chi connectivity index (χ1) is 12.0. The molecule has 0 radical (unpaired) electrons. The average Bonchev–Trinajstić information content (AvgIpc) is 2.61. The quantitative estimate of drug-likeness (QED) is 0.670. The van der Waals surface area contributed by atoms with Crippen molar-refractivity contribution in [1.29, 1.82) is 0 Å². The van der Waals surface area contributed by atoms with Crippen LogP contribution in [0.15, 0.2) is 42.5 Å². The van der Waals surface area contributed by atoms with Gasteiger partial charge in [0.1, 0.15) is 0 Å². The third-order valence-corrected chi connectivity index (χ3v) is 4.56. The number of aryl methyl sites for hydroxylation is 1. The van der Waals surface area contributed by atoms with Crippen LogP contribution in [0, 0.1) is 17.0 Å². The number of rotatable bonds is 5. The Balaban J connectivity index is 1.53. The molecule has 0 saturated carbocycles. The lowest BCUT2D eigenvalue weighted by Crippen LogP contribution is -2.33. The SMILES string of the molecule is Cc1cc([N+](=O)[O-])ccc1NC(=O)CCN1CCc2ccccc2C1. The molecule has 1 heterocycles. The second-order valence-corrected chi connectivity index (χ2v) is 6.35. The number of non-ortho nitro benzene ring substituents is 1. The van der Waals surface area contributed by atoms with E-state index in [1.165, 1.54) is 23.3 Å². The van der Waals surface area contributed by atoms with E-state index >= 15 is 0 Å². The summed E-state index contributed by atoms with van der Waals surface area (Å²) in [5.41, 5.74) is 4.07. The number of carbonyl (C=O) groups is 1. The number of hydrogen-bond acceptors (Lipinski definition) is 4. The van der Waals surface area contributed by atoms with Gasteiger partial charge in [0, 0.05) is 43.9 Å². The Morgan fingerprint density at radius 1 is 1.24 bits per heavy atom. The summed E-state index contributed by atoms with van der Waals surface area (Å²) in [5.74, 6) is -0.0733. The zero-order chi connectivity index (χ0) is 17.8. The van der Waals surface area contributed by atoms with Gasteiger partial charge in [-0.05, 0) is 36.1 Å². The van der Waals surface area contributed by atoms with Gasteiger partial charge in [0.15, 0.2) is 0 Å². The van der Waals surface area contributed by atoms with Crippen LogP contribution in [0.1, 0.15) is 23.1 Å². The van der Waals surface area contributed by atoms with Gasteiger partial charge in [-0.3, -0.25) is 19.8 Å². The molecule has 6 heteroatoms. The number of amides is 1. The molecule has 1 aliphatic rings. The van der Waals surface area contributed by atoms with Crippen LogP contribution in [-0.2, 0) is 17.8 Å². The van der Waals surface area contributed by atoms with Gasteiger partial charge in [-0.2, -0.15) is 0 Å². The molecular formula is C19H21N3O3. The van der Waals surface area contributed by atoms with E-state index in [0.29, 0.717) is 24.2 Å². The third kappa shape index (κ3) is 4.22. The minimum atomic E-state index is -0.438. The fourth-order valence-electron chi connectivity index (χ4n) is 3.12. The second kappa shape index (κ2) is 7.44. The predicted molar refractivity (Wildman–Crippen MR) is 96.5 cm³/mol. The van der Waals surface area contributed by atoms with Crippen molar-refractivity contribution < 1.29 is 9.72 Å². The Hall–Kier alpha value is -2.73. The number of carbonyl (C=O) groups excluding carboxylic acids is 1. The molecule has 0 saturated heterocycles. The summed E-state index contributed by atoms with van der Waals surface area (Å²) in [7, 11) is 0. The van der Waals surface area contributed by atoms with E-state index < -0.39 is 4.92 Å². The molecule has 2 aromatic carbocycles. The second-order valence-electron chi connectivity index (χ2n) is 6.35. The van der Waals surface area contributed by atoms with Gasteiger partial charge in [-0.25, -0.2) is 0 Å². The lowest BCUT2D eigenvalue weighted by atomic mass is 10.00. The molecule has 0 spiro atoms. The van der Waals surface area contributed by atoms with E-state index in [2.05, 4.69) is 28.4 Å². The molecule has 130 valence electrons. The highest BCUT2D eigenvalue weighted by Crippen LogP contribution is 2.22. The van der Waals surface area contributed by atoms with Crippen LogP contribution in [0.25, 0.3) is 0 Å². The molecule has 1 amide bonds. The smallest absolute Gasteiger partial charge is 0.269 e. The van der Waals surface area contributed by atoms with Gasteiger partial charge in [-0.15, -0.1) is 0 Å². The van der Waals surface area contributed by atoms with E-state index in [-0.39, 0.29) is 11.6 Å². The number of nitrogens with zero attached hydrogens (tertiary/aromatic N) is 2. The number of benzene rings is 2. The highest BCUT2D eigenvalue weighted by atomic mass is 16.6. The summed E-state index contributed by atoms with van der Waals surface area (Å²) in [6.07, 6.45) is 1.41. The zero-order valence-corrected chi connectivity index (χ0v) is 14.2. The van der Waals surface area contributed by atoms with Gasteiger partial charge < -0.3 is 5.32 Å². The summed E-state index contributed by atoms with van der Waals surface area (Å²) >= 11 is 0. The molecule has 6 nitrogen and oxygen atoms in total. The van der Waals surface area contributed by atoms with Gasteiger partial charge in [0.05, 0.1) is 4.92 Å². The van der Waals surface area contributed by atoms with E-state index in [0.717, 1.165) is 19.5 Å². The van der Waals surface area contributed by atoms with Gasteiger partial charge >= 0.3 is 0 Å². The van der Waals surface area contributed by atoms with Crippen LogP contribution in [0.5, 0.6) is 0 Å². The van der Waals surface area contributed by atoms with E-state index in [1.54, 1.807) is 13.0 Å². The Labute approximate surface area is 146 Å². The first-order valence-electron chi connectivity index (χ1n) is 8.37. The Kier molecular flexibility index (Phi) is 5.09. The molecule has 0 atom stereocenters. The molecule has 1 N–H and O–H groups in total. The van der Waals surface area contributed by atoms with Crippen LogP contribution >= 0.6 is 0 Å². The highest BCUT2D eigenvalue weighted by Gasteiger charge is 2.17. The van der Waals surface area contributed by atoms with Crippen LogP contribution in [0.3, 0.4) is 0 Å². The maximum atomic E-state index is 12.2. The van der Waals surface area contributed by atoms with Crippen molar-refractivity contribution in [3.8, 4) is 0 Å². The van der Waals surface area contributed by atoms with E-state index in [9.17, 15) is 14.9 Å². The molecule has 1 aliphatic heterocycles. The molecule has 3 rings (SSSR count). The van der Waals surface area contributed by atoms with Crippen molar-refractivity contribution >= 4 is 17.3 Å². The zero-order valence-electron chi connectivity index (χ0n) is 14.2. The largest absolute Gasteiger partial charge is 0.326 e. The summed E-state index contributed by atoms with van der Waals surface area (Å²) in [6.45, 7) is 4.29. The maximum Gasteiger partial charge on any atom is 0.269 e. The normalized spacial score (nSPS) is 14.0. The van der Waals surface area contributed by atoms with Crippen LogP contribution in [0.2, 0.25) is 0 Å². The van der Waals surface area contributed by atoms with Crippen molar-refractivity contribution in [2.75, 3.05) is 18.4 Å². The molecule has 2 aromatic rings. The number of nitrogens with one attached hydrogen (secondary N) is 1. The van der Waals surface area contributed by atoms with Gasteiger partial charge in [-0.1, -0.05) is 24.3 Å². The standard InChI is InChI=1S/C19H21N3O3/c1-14-12-17(22(24)25)6-7-18(14)20-19(23)9-11-21-10-8-15-4-2-3-5-16(15)13-21/h2-7,12H,8-11,13H2,1H3,(H,20,23). The lowest BCUT2D eigenvalue weighted by Gasteiger charge is -2.28. The van der Waals surface area contributed by atoms with Crippen molar-refractivity contribution in [2.45, 2.75) is 26.3 Å². The monoisotopic (exact) mass is 339 g/mol. The first kappa shape index (κ1) is 17.1. The van der Waals surface area contributed by atoms with Crippen molar-refractivity contribution in [2.24, 2.45) is 0 Å². The molecule has 0 fully saturated rings. The van der Waals surface area contributed by atoms with Crippen molar-refractivity contribution in [3.05, 3.63) is 69.3 Å². The van der Waals surface area contributed by atoms with Crippen molar-refractivity contribution in [1.82, 2.24) is 4.90 Å². The van der Waals surface area contributed by atoms with Gasteiger partial charge in [0.2, 0.25) is 5.91 Å². The number of fused-ring (bicyclic) bond motifs is 1. The summed E-state index contributed by atoms with van der Waals surface area (Å²) < 4.78 is 0. The number of nitro groups is 1. The van der Waals surface area contributed by atoms with Crippen LogP contribution in [-0.4, -0.2) is 28.8 Å². The van der Waals surface area contributed by atoms with Gasteiger partial charge in [0.25, 0.3) is 5.69 Å². The number of nitro benzene ring substituents is 1. The number of anilines is 1. The average molecular weight is 339 g/mol. The summed E-state index contributed by atoms with van der Waals surface area (Å²) in [4.78, 5) is 24.8. The predicted octanol–water partition coefficient (Wildman–Crippen LogP) is 3.29. The molecule has 0 aliphatic carbocycles. The first-order valence-corrected chi connectivity index (χ1v) is 8.37. The maximum absolute atomic E-state index is 12.2. The minimum absolute atomic E-state index is 0.0301. The topological polar surface area (TPSA) is 75.5 Å². The fraction of sp³-hybridized carbons (Fsp3) is 0.316. The Morgan fingerprint density at radius 2 is 2.00 bits per heavy atom. The summed E-state index contributed by atoms with van der Waals surface area (Å²) in [5, 5.41) is 13.6. The third-order valence-electron chi connectivity index (χ3n) is 4.56. The summed E-state index contributed by atoms with van der Waals surface area (Å²) in [6, 6.07) is 12.9. The Bertz CT molecular complexity index is 804. The van der Waals surface area contributed by atoms with E-state index in [4.69, 9.17) is 0 Å². The highest BCUT2D eigenvalue weighted by molar-refractivity contribution is 5.91. The van der Waals surface area contributed by atoms with Crippen LogP contribution < -0.4 is 5.32 Å². The molecule has 25 heavy (non-hydrogen) atoms. The minimum Gasteiger partial charge on any atom is -0.326 e. The lowest BCUT2D eigenvalue weighted by molar-refractivity contribution is -0.384. The molecule has 0 aromatic heterocycles. The fourth-order valence-corrected chi connectivity index (χ4v) is 3.12. The molecular weight excluding hydrogens is 318 g/mol. The Morgan fingerprint density at radius 3 is 2.72 bits per heavy atom. The van der Waals surface area contributed by atoms with Crippen molar-refractivity contribution in [3.63, 3.8) is 0 Å².